The number of nitrogens with zero attached hydrogens (tertiary/aromatic N) is 1. The van der Waals surface area contributed by atoms with Gasteiger partial charge < -0.3 is 4.90 Å². The predicted molar refractivity (Wildman–Crippen MR) is 49.3 cm³/mol. The van der Waals surface area contributed by atoms with Gasteiger partial charge in [0, 0.05) is 19.5 Å². The third-order valence-corrected chi connectivity index (χ3v) is 2.53. The number of likely N-dealkylation sites (N-methyl/N-ethyl adjacent to an activating group) is 1. The molecule has 0 bridgehead atoms. The average Bonchev–Trinajstić information content (AvgIpc) is 2.43. The molecule has 1 atom stereocenters. The predicted octanol–water partition coefficient (Wildman–Crippen LogP) is 0.850. The number of halogens is 2. The molecule has 14 heavy (non-hydrogen) atoms. The molecule has 1 rings (SSSR count). The number of alkyl halides is 2. The van der Waals surface area contributed by atoms with Crippen molar-refractivity contribution in [2.24, 2.45) is 0 Å². The van der Waals surface area contributed by atoms with Crippen molar-refractivity contribution in [3.05, 3.63) is 0 Å². The van der Waals surface area contributed by atoms with Crippen molar-refractivity contribution >= 4 is 5.91 Å². The summed E-state index contributed by atoms with van der Waals surface area (Å²) < 4.78 is 25.6. The normalized spacial score (nSPS) is 25.4. The number of carbonyl (C=O) groups excluding carboxylic acids is 1. The van der Waals surface area contributed by atoms with Gasteiger partial charge in [-0.3, -0.25) is 10.1 Å². The lowest BCUT2D eigenvalue weighted by Crippen LogP contribution is -2.44. The van der Waals surface area contributed by atoms with Crippen LogP contribution in [0.3, 0.4) is 0 Å². The number of hydrogen-bond acceptors (Lipinski definition) is 2. The Morgan fingerprint density at radius 2 is 2.14 bits per heavy atom. The highest BCUT2D eigenvalue weighted by atomic mass is 19.3. The average molecular weight is 206 g/mol. The van der Waals surface area contributed by atoms with E-state index in [4.69, 9.17) is 0 Å². The molecule has 5 heteroatoms. The molecular formula is C9H16F2N2O. The van der Waals surface area contributed by atoms with E-state index in [1.54, 1.807) is 7.05 Å². The van der Waals surface area contributed by atoms with Gasteiger partial charge >= 0.3 is 0 Å². The van der Waals surface area contributed by atoms with Crippen molar-refractivity contribution in [1.82, 2.24) is 10.2 Å². The summed E-state index contributed by atoms with van der Waals surface area (Å²) >= 11 is 0. The number of rotatable bonds is 2. The van der Waals surface area contributed by atoms with Gasteiger partial charge in [-0.25, -0.2) is 8.78 Å². The summed E-state index contributed by atoms with van der Waals surface area (Å²) in [6, 6.07) is -0.684. The number of hydrogen-bond donors (Lipinski definition) is 1. The fraction of sp³-hybridized carbons (Fsp3) is 0.889. The summed E-state index contributed by atoms with van der Waals surface area (Å²) in [6.07, 6.45) is -0.386. The van der Waals surface area contributed by atoms with Crippen LogP contribution in [0.4, 0.5) is 8.78 Å². The van der Waals surface area contributed by atoms with Crippen molar-refractivity contribution in [1.29, 1.82) is 0 Å². The lowest BCUT2D eigenvalue weighted by molar-refractivity contribution is -0.133. The fourth-order valence-corrected chi connectivity index (χ4v) is 1.39. The van der Waals surface area contributed by atoms with Gasteiger partial charge in [-0.15, -0.1) is 0 Å². The summed E-state index contributed by atoms with van der Waals surface area (Å²) in [4.78, 5) is 13.1. The molecule has 82 valence electrons. The molecule has 1 aliphatic rings. The Morgan fingerprint density at radius 1 is 1.57 bits per heavy atom. The highest BCUT2D eigenvalue weighted by Gasteiger charge is 2.43. The van der Waals surface area contributed by atoms with Crippen LogP contribution in [0.1, 0.15) is 20.3 Å². The zero-order valence-electron chi connectivity index (χ0n) is 8.68. The van der Waals surface area contributed by atoms with E-state index in [0.29, 0.717) is 0 Å². The van der Waals surface area contributed by atoms with Crippen molar-refractivity contribution in [2.75, 3.05) is 13.6 Å². The Bertz CT molecular complexity index is 231. The highest BCUT2D eigenvalue weighted by Crippen LogP contribution is 2.25. The van der Waals surface area contributed by atoms with Crippen LogP contribution in [-0.4, -0.2) is 42.4 Å². The molecule has 0 aromatic carbocycles. The number of nitrogens with one attached hydrogen (secondary N) is 1. The van der Waals surface area contributed by atoms with E-state index in [0.717, 1.165) is 0 Å². The van der Waals surface area contributed by atoms with Gasteiger partial charge in [0.1, 0.15) is 0 Å². The minimum Gasteiger partial charge on any atom is -0.342 e. The van der Waals surface area contributed by atoms with Crippen molar-refractivity contribution in [3.63, 3.8) is 0 Å². The highest BCUT2D eigenvalue weighted by molar-refractivity contribution is 5.82. The first-order chi connectivity index (χ1) is 6.33. The zero-order valence-corrected chi connectivity index (χ0v) is 8.68. The molecule has 3 nitrogen and oxygen atoms in total. The van der Waals surface area contributed by atoms with E-state index in [-0.39, 0.29) is 18.4 Å². The Labute approximate surface area is 82.5 Å². The standard InChI is InChI=1S/C9H16F2N2O/c1-6(2)13(3)8(14)7-4-9(10,11)5-12-7/h6-7,12H,4-5H2,1-3H3. The molecule has 1 N–H and O–H groups in total. The maximum absolute atomic E-state index is 12.8. The molecule has 1 fully saturated rings. The Kier molecular flexibility index (Phi) is 3.09. The summed E-state index contributed by atoms with van der Waals surface area (Å²) in [5, 5.41) is 2.54. The van der Waals surface area contributed by atoms with Crippen molar-refractivity contribution in [2.45, 2.75) is 38.3 Å². The van der Waals surface area contributed by atoms with Crippen LogP contribution in [-0.2, 0) is 4.79 Å². The number of amides is 1. The third-order valence-electron chi connectivity index (χ3n) is 2.53. The van der Waals surface area contributed by atoms with E-state index < -0.39 is 18.5 Å². The first kappa shape index (κ1) is 11.4. The second-order valence-electron chi connectivity index (χ2n) is 4.04. The molecule has 1 amide bonds. The lowest BCUT2D eigenvalue weighted by Gasteiger charge is -2.24. The second kappa shape index (κ2) is 3.81. The van der Waals surface area contributed by atoms with Crippen LogP contribution in [0, 0.1) is 0 Å². The van der Waals surface area contributed by atoms with Crippen LogP contribution in [0.15, 0.2) is 0 Å². The Hall–Kier alpha value is -0.710. The second-order valence-corrected chi connectivity index (χ2v) is 4.04. The largest absolute Gasteiger partial charge is 0.342 e. The molecule has 0 spiro atoms. The van der Waals surface area contributed by atoms with E-state index in [9.17, 15) is 13.6 Å². The van der Waals surface area contributed by atoms with Gasteiger partial charge in [-0.1, -0.05) is 0 Å². The van der Waals surface area contributed by atoms with E-state index in [1.165, 1.54) is 4.90 Å². The Morgan fingerprint density at radius 3 is 2.50 bits per heavy atom. The van der Waals surface area contributed by atoms with Crippen molar-refractivity contribution < 1.29 is 13.6 Å². The van der Waals surface area contributed by atoms with Crippen LogP contribution in [0.2, 0.25) is 0 Å². The molecule has 0 saturated carbocycles. The summed E-state index contributed by atoms with van der Waals surface area (Å²) in [5.74, 6) is -2.99. The van der Waals surface area contributed by atoms with Gasteiger partial charge in [0.05, 0.1) is 12.6 Å². The lowest BCUT2D eigenvalue weighted by atomic mass is 10.1. The maximum Gasteiger partial charge on any atom is 0.262 e. The zero-order chi connectivity index (χ0) is 10.9. The van der Waals surface area contributed by atoms with Crippen LogP contribution in [0.5, 0.6) is 0 Å². The van der Waals surface area contributed by atoms with Gasteiger partial charge in [0.15, 0.2) is 0 Å². The van der Waals surface area contributed by atoms with Crippen LogP contribution in [0.25, 0.3) is 0 Å². The van der Waals surface area contributed by atoms with Crippen molar-refractivity contribution in [3.8, 4) is 0 Å². The van der Waals surface area contributed by atoms with Crippen LogP contribution < -0.4 is 5.32 Å². The van der Waals surface area contributed by atoms with Gasteiger partial charge in [0.25, 0.3) is 5.92 Å². The smallest absolute Gasteiger partial charge is 0.262 e. The number of carbonyl (C=O) groups is 1. The first-order valence-corrected chi connectivity index (χ1v) is 4.71. The monoisotopic (exact) mass is 206 g/mol. The van der Waals surface area contributed by atoms with Gasteiger partial charge in [-0.2, -0.15) is 0 Å². The van der Waals surface area contributed by atoms with Gasteiger partial charge in [0.2, 0.25) is 5.91 Å². The Balaban J connectivity index is 2.56. The SMILES string of the molecule is CC(C)N(C)C(=O)C1CC(F)(F)CN1. The molecule has 1 aliphatic heterocycles. The molecular weight excluding hydrogens is 190 g/mol. The summed E-state index contributed by atoms with van der Waals surface area (Å²) in [6.45, 7) is 3.31. The molecule has 0 aliphatic carbocycles. The third kappa shape index (κ3) is 2.41. The summed E-state index contributed by atoms with van der Waals surface area (Å²) in [5.41, 5.74) is 0. The topological polar surface area (TPSA) is 32.3 Å². The maximum atomic E-state index is 12.8. The molecule has 0 aromatic rings. The molecule has 1 saturated heterocycles. The fourth-order valence-electron chi connectivity index (χ4n) is 1.39. The molecule has 0 radical (unpaired) electrons. The molecule has 1 unspecified atom stereocenters. The van der Waals surface area contributed by atoms with E-state index >= 15 is 0 Å². The minimum atomic E-state index is -2.74. The van der Waals surface area contributed by atoms with Gasteiger partial charge in [-0.05, 0) is 13.8 Å². The molecule has 0 aromatic heterocycles. The van der Waals surface area contributed by atoms with E-state index in [1.807, 2.05) is 13.8 Å². The first-order valence-electron chi connectivity index (χ1n) is 4.71. The van der Waals surface area contributed by atoms with E-state index in [2.05, 4.69) is 5.32 Å². The quantitative estimate of drug-likeness (QED) is 0.726. The summed E-state index contributed by atoms with van der Waals surface area (Å²) in [7, 11) is 1.63. The minimum absolute atomic E-state index is 0.0403. The molecule has 1 heterocycles. The van der Waals surface area contributed by atoms with Crippen LogP contribution >= 0.6 is 0 Å².